The summed E-state index contributed by atoms with van der Waals surface area (Å²) in [5.74, 6) is -0.133. The highest BCUT2D eigenvalue weighted by Gasteiger charge is 2.29. The van der Waals surface area contributed by atoms with Crippen molar-refractivity contribution in [2.45, 2.75) is 58.7 Å². The summed E-state index contributed by atoms with van der Waals surface area (Å²) in [4.78, 5) is 27.9. The number of carbonyl (C=O) groups is 2. The minimum absolute atomic E-state index is 0.0166. The number of ether oxygens (including phenoxy) is 1. The highest BCUT2D eigenvalue weighted by atomic mass is 35.5. The van der Waals surface area contributed by atoms with Gasteiger partial charge in [-0.1, -0.05) is 47.8 Å². The zero-order valence-corrected chi connectivity index (χ0v) is 25.2. The van der Waals surface area contributed by atoms with Gasteiger partial charge in [-0.25, -0.2) is 8.42 Å². The molecule has 0 bridgehead atoms. The lowest BCUT2D eigenvalue weighted by atomic mass is 10.1. The summed E-state index contributed by atoms with van der Waals surface area (Å²) in [6.07, 6.45) is 1.72. The number of hydrogen-bond donors (Lipinski definition) is 1. The molecule has 0 aromatic heterocycles. The molecule has 0 unspecified atom stereocenters. The van der Waals surface area contributed by atoms with Gasteiger partial charge in [0.1, 0.15) is 11.8 Å². The second-order valence-corrected chi connectivity index (χ2v) is 12.2. The average Bonchev–Trinajstić information content (AvgIpc) is 2.82. The standard InChI is InChI=1S/C26H34Cl3N3O5S/c1-6-23(26(34)30-17(2)3)31(16-18-9-11-20(27)21(28)14-18)25(33)8-7-13-32(38(5,35)36)19-10-12-24(37-4)22(29)15-19/h9-12,14-15,17,23H,6-8,13,16H2,1-5H3,(H,30,34)/t23-/m0/s1. The van der Waals surface area contributed by atoms with Crippen LogP contribution in [0.5, 0.6) is 5.75 Å². The molecule has 2 aromatic rings. The molecule has 0 radical (unpaired) electrons. The Balaban J connectivity index is 2.26. The third kappa shape index (κ3) is 8.93. The van der Waals surface area contributed by atoms with Crippen molar-refractivity contribution in [2.24, 2.45) is 0 Å². The third-order valence-electron chi connectivity index (χ3n) is 5.73. The van der Waals surface area contributed by atoms with Gasteiger partial charge in [-0.2, -0.15) is 0 Å². The average molecular weight is 607 g/mol. The van der Waals surface area contributed by atoms with Gasteiger partial charge in [0.15, 0.2) is 0 Å². The Kier molecular flexibility index (Phi) is 12.0. The summed E-state index contributed by atoms with van der Waals surface area (Å²) < 4.78 is 31.4. The van der Waals surface area contributed by atoms with Crippen molar-refractivity contribution in [3.05, 3.63) is 57.0 Å². The first kappa shape index (κ1) is 32.0. The van der Waals surface area contributed by atoms with Crippen molar-refractivity contribution in [2.75, 3.05) is 24.2 Å². The Morgan fingerprint density at radius 2 is 1.71 bits per heavy atom. The lowest BCUT2D eigenvalue weighted by Crippen LogP contribution is -2.50. The number of sulfonamides is 1. The zero-order chi connectivity index (χ0) is 28.6. The first-order chi connectivity index (χ1) is 17.8. The van der Waals surface area contributed by atoms with Crippen LogP contribution in [0, 0.1) is 0 Å². The van der Waals surface area contributed by atoms with Crippen molar-refractivity contribution in [1.29, 1.82) is 0 Å². The number of nitrogens with one attached hydrogen (secondary N) is 1. The number of amides is 2. The number of nitrogens with zero attached hydrogens (tertiary/aromatic N) is 2. The minimum atomic E-state index is -3.66. The van der Waals surface area contributed by atoms with Gasteiger partial charge >= 0.3 is 0 Å². The van der Waals surface area contributed by atoms with Gasteiger partial charge < -0.3 is 15.0 Å². The number of anilines is 1. The monoisotopic (exact) mass is 605 g/mol. The molecule has 2 aromatic carbocycles. The molecular formula is C26H34Cl3N3O5S. The van der Waals surface area contributed by atoms with Crippen LogP contribution >= 0.6 is 34.8 Å². The fraction of sp³-hybridized carbons (Fsp3) is 0.462. The molecule has 1 atom stereocenters. The molecule has 0 spiro atoms. The smallest absolute Gasteiger partial charge is 0.243 e. The lowest BCUT2D eigenvalue weighted by molar-refractivity contribution is -0.141. The second kappa shape index (κ2) is 14.3. The molecule has 0 saturated carbocycles. The molecule has 2 rings (SSSR count). The Morgan fingerprint density at radius 1 is 1.03 bits per heavy atom. The van der Waals surface area contributed by atoms with Gasteiger partial charge in [-0.3, -0.25) is 13.9 Å². The molecule has 12 heteroatoms. The first-order valence-corrected chi connectivity index (χ1v) is 15.1. The van der Waals surface area contributed by atoms with Gasteiger partial charge in [0.05, 0.1) is 34.1 Å². The van der Waals surface area contributed by atoms with E-state index in [1.54, 1.807) is 30.3 Å². The van der Waals surface area contributed by atoms with Crippen molar-refractivity contribution in [3.63, 3.8) is 0 Å². The van der Waals surface area contributed by atoms with E-state index in [9.17, 15) is 18.0 Å². The van der Waals surface area contributed by atoms with Crippen LogP contribution in [0.25, 0.3) is 0 Å². The maximum atomic E-state index is 13.5. The quantitative estimate of drug-likeness (QED) is 0.323. The molecule has 0 aliphatic rings. The molecular weight excluding hydrogens is 573 g/mol. The maximum Gasteiger partial charge on any atom is 0.243 e. The Morgan fingerprint density at radius 3 is 2.24 bits per heavy atom. The number of methoxy groups -OCH3 is 1. The highest BCUT2D eigenvalue weighted by Crippen LogP contribution is 2.30. The van der Waals surface area contributed by atoms with Gasteiger partial charge in [0.25, 0.3) is 0 Å². The summed E-state index contributed by atoms with van der Waals surface area (Å²) >= 11 is 18.4. The Labute approximate surface area is 240 Å². The fourth-order valence-electron chi connectivity index (χ4n) is 3.95. The number of benzene rings is 2. The lowest BCUT2D eigenvalue weighted by Gasteiger charge is -2.31. The highest BCUT2D eigenvalue weighted by molar-refractivity contribution is 7.92. The van der Waals surface area contributed by atoms with E-state index in [4.69, 9.17) is 39.5 Å². The minimum Gasteiger partial charge on any atom is -0.495 e. The molecule has 0 saturated heterocycles. The van der Waals surface area contributed by atoms with E-state index in [1.807, 2.05) is 20.8 Å². The third-order valence-corrected chi connectivity index (χ3v) is 7.96. The van der Waals surface area contributed by atoms with E-state index in [-0.39, 0.29) is 48.8 Å². The van der Waals surface area contributed by atoms with Crippen LogP contribution < -0.4 is 14.4 Å². The topological polar surface area (TPSA) is 96.0 Å². The molecule has 8 nitrogen and oxygen atoms in total. The van der Waals surface area contributed by atoms with Crippen LogP contribution in [0.4, 0.5) is 5.69 Å². The predicted molar refractivity (Wildman–Crippen MR) is 154 cm³/mol. The normalized spacial score (nSPS) is 12.2. The maximum absolute atomic E-state index is 13.5. The van der Waals surface area contributed by atoms with E-state index in [0.717, 1.165) is 6.26 Å². The van der Waals surface area contributed by atoms with Crippen LogP contribution in [0.1, 0.15) is 45.6 Å². The molecule has 0 aliphatic carbocycles. The van der Waals surface area contributed by atoms with Crippen LogP contribution in [0.15, 0.2) is 36.4 Å². The number of rotatable bonds is 13. The molecule has 210 valence electrons. The van der Waals surface area contributed by atoms with Crippen molar-refractivity contribution in [3.8, 4) is 5.75 Å². The van der Waals surface area contributed by atoms with Gasteiger partial charge in [0, 0.05) is 25.6 Å². The van der Waals surface area contributed by atoms with Crippen LogP contribution in [-0.4, -0.2) is 57.1 Å². The Bertz CT molecular complexity index is 1240. The van der Waals surface area contributed by atoms with Crippen molar-refractivity contribution >= 4 is 62.3 Å². The first-order valence-electron chi connectivity index (χ1n) is 12.1. The van der Waals surface area contributed by atoms with Crippen molar-refractivity contribution in [1.82, 2.24) is 10.2 Å². The summed E-state index contributed by atoms with van der Waals surface area (Å²) in [6, 6.07) is 8.91. The number of hydrogen-bond acceptors (Lipinski definition) is 5. The van der Waals surface area contributed by atoms with Crippen LogP contribution in [0.2, 0.25) is 15.1 Å². The van der Waals surface area contributed by atoms with E-state index >= 15 is 0 Å². The summed E-state index contributed by atoms with van der Waals surface area (Å²) in [6.45, 7) is 5.72. The predicted octanol–water partition coefficient (Wildman–Crippen LogP) is 5.53. The summed E-state index contributed by atoms with van der Waals surface area (Å²) in [5.41, 5.74) is 1.08. The Hall–Kier alpha value is -2.20. The largest absolute Gasteiger partial charge is 0.495 e. The second-order valence-electron chi connectivity index (χ2n) is 9.11. The molecule has 0 fully saturated rings. The van der Waals surface area contributed by atoms with Gasteiger partial charge in [-0.05, 0) is 62.6 Å². The number of halogens is 3. The molecule has 38 heavy (non-hydrogen) atoms. The fourth-order valence-corrected chi connectivity index (χ4v) is 5.48. The molecule has 0 heterocycles. The zero-order valence-electron chi connectivity index (χ0n) is 22.1. The van der Waals surface area contributed by atoms with Gasteiger partial charge in [-0.15, -0.1) is 0 Å². The number of carbonyl (C=O) groups excluding carboxylic acids is 2. The SMILES string of the molecule is CC[C@@H](C(=O)NC(C)C)N(Cc1ccc(Cl)c(Cl)c1)C(=O)CCCN(c1ccc(OC)c(Cl)c1)S(C)(=O)=O. The summed E-state index contributed by atoms with van der Waals surface area (Å²) in [5, 5.41) is 3.88. The van der Waals surface area contributed by atoms with E-state index in [0.29, 0.717) is 33.5 Å². The van der Waals surface area contributed by atoms with E-state index in [1.165, 1.54) is 22.4 Å². The van der Waals surface area contributed by atoms with Crippen LogP contribution in [0.3, 0.4) is 0 Å². The molecule has 2 amide bonds. The summed E-state index contributed by atoms with van der Waals surface area (Å²) in [7, 11) is -2.19. The van der Waals surface area contributed by atoms with E-state index < -0.39 is 16.1 Å². The molecule has 0 aliphatic heterocycles. The van der Waals surface area contributed by atoms with E-state index in [2.05, 4.69) is 5.32 Å². The molecule has 1 N–H and O–H groups in total. The van der Waals surface area contributed by atoms with Gasteiger partial charge in [0.2, 0.25) is 21.8 Å². The van der Waals surface area contributed by atoms with Crippen LogP contribution in [-0.2, 0) is 26.2 Å². The van der Waals surface area contributed by atoms with Crippen molar-refractivity contribution < 1.29 is 22.7 Å².